The molecule has 1 unspecified atom stereocenters. The summed E-state index contributed by atoms with van der Waals surface area (Å²) in [6.45, 7) is 6.09. The maximum absolute atomic E-state index is 12.2. The van der Waals surface area contributed by atoms with Gasteiger partial charge in [-0.25, -0.2) is 0 Å². The smallest absolute Gasteiger partial charge is 0.223 e. The molecule has 2 heterocycles. The van der Waals surface area contributed by atoms with Gasteiger partial charge in [0.05, 0.1) is 12.7 Å². The van der Waals surface area contributed by atoms with Crippen molar-refractivity contribution in [3.8, 4) is 0 Å². The summed E-state index contributed by atoms with van der Waals surface area (Å²) < 4.78 is 11.5. The molecule has 110 valence electrons. The highest BCUT2D eigenvalue weighted by Gasteiger charge is 2.42. The Labute approximate surface area is 120 Å². The van der Waals surface area contributed by atoms with E-state index in [4.69, 9.17) is 9.47 Å². The zero-order valence-electron chi connectivity index (χ0n) is 12.2. The molecule has 0 aromatic carbocycles. The van der Waals surface area contributed by atoms with E-state index >= 15 is 0 Å². The van der Waals surface area contributed by atoms with Crippen LogP contribution in [0.4, 0.5) is 0 Å². The Kier molecular flexibility index (Phi) is 3.69. The van der Waals surface area contributed by atoms with E-state index in [-0.39, 0.29) is 17.9 Å². The zero-order valence-corrected chi connectivity index (χ0v) is 12.2. The van der Waals surface area contributed by atoms with E-state index in [0.29, 0.717) is 18.9 Å². The van der Waals surface area contributed by atoms with Crippen molar-refractivity contribution in [1.29, 1.82) is 0 Å². The van der Waals surface area contributed by atoms with Crippen molar-refractivity contribution in [3.05, 3.63) is 24.3 Å². The standard InChI is InChI=1S/C16H23NO3/c1-16(2)19-11-14(20-16)13-8-15(18)17(10-13)9-12-6-4-3-5-7-12/h3-6,12-14H,7-11H2,1-2H3/t12?,13-,14+/m0/s1. The summed E-state index contributed by atoms with van der Waals surface area (Å²) in [6, 6.07) is 0. The van der Waals surface area contributed by atoms with Crippen LogP contribution in [-0.2, 0) is 14.3 Å². The molecular weight excluding hydrogens is 254 g/mol. The van der Waals surface area contributed by atoms with Crippen LogP contribution in [0.5, 0.6) is 0 Å². The van der Waals surface area contributed by atoms with Crippen molar-refractivity contribution in [2.45, 2.75) is 38.6 Å². The fraction of sp³-hybridized carbons (Fsp3) is 0.688. The maximum atomic E-state index is 12.2. The van der Waals surface area contributed by atoms with Crippen molar-refractivity contribution in [2.24, 2.45) is 11.8 Å². The lowest BCUT2D eigenvalue weighted by Gasteiger charge is -2.24. The minimum absolute atomic E-state index is 0.0562. The maximum Gasteiger partial charge on any atom is 0.223 e. The molecule has 4 nitrogen and oxygen atoms in total. The zero-order chi connectivity index (χ0) is 14.2. The lowest BCUT2D eigenvalue weighted by Crippen LogP contribution is -2.32. The fourth-order valence-corrected chi connectivity index (χ4v) is 3.23. The normalized spacial score (nSPS) is 36.0. The Morgan fingerprint density at radius 3 is 2.90 bits per heavy atom. The number of nitrogens with zero attached hydrogens (tertiary/aromatic N) is 1. The van der Waals surface area contributed by atoms with Gasteiger partial charge < -0.3 is 14.4 Å². The Hall–Kier alpha value is -1.13. The second-order valence-electron chi connectivity index (χ2n) is 6.44. The average Bonchev–Trinajstić information content (AvgIpc) is 2.95. The van der Waals surface area contributed by atoms with E-state index < -0.39 is 5.79 Å². The van der Waals surface area contributed by atoms with Crippen molar-refractivity contribution >= 4 is 5.91 Å². The molecule has 3 aliphatic rings. The van der Waals surface area contributed by atoms with Gasteiger partial charge in [0.15, 0.2) is 5.79 Å². The number of hydrogen-bond acceptors (Lipinski definition) is 3. The number of amides is 1. The molecule has 2 saturated heterocycles. The summed E-state index contributed by atoms with van der Waals surface area (Å²) in [5.74, 6) is 0.483. The van der Waals surface area contributed by atoms with Gasteiger partial charge in [-0.2, -0.15) is 0 Å². The summed E-state index contributed by atoms with van der Waals surface area (Å²) in [6.07, 6.45) is 10.2. The Balaban J connectivity index is 1.55. The first-order valence-electron chi connectivity index (χ1n) is 7.46. The van der Waals surface area contributed by atoms with E-state index in [1.54, 1.807) is 0 Å². The number of rotatable bonds is 3. The second-order valence-corrected chi connectivity index (χ2v) is 6.44. The quantitative estimate of drug-likeness (QED) is 0.793. The van der Waals surface area contributed by atoms with Gasteiger partial charge in [-0.1, -0.05) is 24.3 Å². The first kappa shape index (κ1) is 13.8. The number of likely N-dealkylation sites (tertiary alicyclic amines) is 1. The molecule has 1 amide bonds. The van der Waals surface area contributed by atoms with Gasteiger partial charge in [-0.15, -0.1) is 0 Å². The Morgan fingerprint density at radius 2 is 2.25 bits per heavy atom. The van der Waals surface area contributed by atoms with Crippen molar-refractivity contribution in [3.63, 3.8) is 0 Å². The largest absolute Gasteiger partial charge is 0.348 e. The van der Waals surface area contributed by atoms with Crippen LogP contribution in [0.25, 0.3) is 0 Å². The minimum atomic E-state index is -0.502. The predicted molar refractivity (Wildman–Crippen MR) is 76.0 cm³/mol. The minimum Gasteiger partial charge on any atom is -0.348 e. The van der Waals surface area contributed by atoms with Crippen LogP contribution in [0.15, 0.2) is 24.3 Å². The molecule has 1 aliphatic carbocycles. The van der Waals surface area contributed by atoms with E-state index in [1.807, 2.05) is 18.7 Å². The molecule has 3 atom stereocenters. The van der Waals surface area contributed by atoms with Gasteiger partial charge in [0.2, 0.25) is 5.91 Å². The van der Waals surface area contributed by atoms with Crippen LogP contribution < -0.4 is 0 Å². The highest BCUT2D eigenvalue weighted by molar-refractivity contribution is 5.78. The van der Waals surface area contributed by atoms with Crippen molar-refractivity contribution < 1.29 is 14.3 Å². The molecule has 0 bridgehead atoms. The number of carbonyl (C=O) groups excluding carboxylic acids is 1. The summed E-state index contributed by atoms with van der Waals surface area (Å²) in [5.41, 5.74) is 0. The average molecular weight is 277 g/mol. The second kappa shape index (κ2) is 5.34. The molecule has 0 N–H and O–H groups in total. The first-order valence-corrected chi connectivity index (χ1v) is 7.46. The van der Waals surface area contributed by atoms with Crippen LogP contribution in [0, 0.1) is 11.8 Å². The van der Waals surface area contributed by atoms with Crippen LogP contribution >= 0.6 is 0 Å². The molecule has 2 aliphatic heterocycles. The van der Waals surface area contributed by atoms with E-state index in [0.717, 1.165) is 19.5 Å². The van der Waals surface area contributed by atoms with Gasteiger partial charge in [0.1, 0.15) is 0 Å². The van der Waals surface area contributed by atoms with E-state index in [1.165, 1.54) is 0 Å². The highest BCUT2D eigenvalue weighted by Crippen LogP contribution is 2.32. The van der Waals surface area contributed by atoms with Gasteiger partial charge >= 0.3 is 0 Å². The van der Waals surface area contributed by atoms with Gasteiger partial charge in [-0.05, 0) is 26.2 Å². The molecule has 2 fully saturated rings. The fourth-order valence-electron chi connectivity index (χ4n) is 3.23. The van der Waals surface area contributed by atoms with Crippen molar-refractivity contribution in [2.75, 3.05) is 19.7 Å². The predicted octanol–water partition coefficient (Wildman–Crippen LogP) is 2.12. The monoisotopic (exact) mass is 277 g/mol. The van der Waals surface area contributed by atoms with Crippen LogP contribution in [0.3, 0.4) is 0 Å². The lowest BCUT2D eigenvalue weighted by molar-refractivity contribution is -0.144. The third-order valence-corrected chi connectivity index (χ3v) is 4.32. The summed E-state index contributed by atoms with van der Waals surface area (Å²) in [5, 5.41) is 0. The molecule has 4 heteroatoms. The highest BCUT2D eigenvalue weighted by atomic mass is 16.7. The third kappa shape index (κ3) is 2.96. The first-order chi connectivity index (χ1) is 9.53. The SMILES string of the molecule is CC1(C)OC[C@H]([C@H]2CC(=O)N(CC3C=CC=CC3)C2)O1. The van der Waals surface area contributed by atoms with Crippen molar-refractivity contribution in [1.82, 2.24) is 4.90 Å². The van der Waals surface area contributed by atoms with E-state index in [2.05, 4.69) is 24.3 Å². The molecule has 0 spiro atoms. The van der Waals surface area contributed by atoms with Crippen LogP contribution in [0.2, 0.25) is 0 Å². The molecule has 0 aromatic rings. The number of allylic oxidation sites excluding steroid dienone is 3. The molecule has 0 radical (unpaired) electrons. The molecule has 0 saturated carbocycles. The Morgan fingerprint density at radius 1 is 1.40 bits per heavy atom. The molecule has 0 aromatic heterocycles. The number of hydrogen-bond donors (Lipinski definition) is 0. The van der Waals surface area contributed by atoms with Gasteiger partial charge in [0.25, 0.3) is 0 Å². The summed E-state index contributed by atoms with van der Waals surface area (Å²) in [7, 11) is 0. The Bertz CT molecular complexity index is 441. The summed E-state index contributed by atoms with van der Waals surface area (Å²) >= 11 is 0. The number of carbonyl (C=O) groups is 1. The third-order valence-electron chi connectivity index (χ3n) is 4.32. The molecular formula is C16H23NO3. The topological polar surface area (TPSA) is 38.8 Å². The van der Waals surface area contributed by atoms with Gasteiger partial charge in [0, 0.05) is 25.4 Å². The molecule has 20 heavy (non-hydrogen) atoms. The van der Waals surface area contributed by atoms with Crippen LogP contribution in [0.1, 0.15) is 26.7 Å². The van der Waals surface area contributed by atoms with E-state index in [9.17, 15) is 4.79 Å². The van der Waals surface area contributed by atoms with Crippen LogP contribution in [-0.4, -0.2) is 42.4 Å². The lowest BCUT2D eigenvalue weighted by atomic mass is 10.00. The van der Waals surface area contributed by atoms with Gasteiger partial charge in [-0.3, -0.25) is 4.79 Å². The number of ether oxygens (including phenoxy) is 2. The molecule has 3 rings (SSSR count). The summed E-state index contributed by atoms with van der Waals surface area (Å²) in [4.78, 5) is 14.2.